The van der Waals surface area contributed by atoms with Crippen LogP contribution >= 0.6 is 11.3 Å². The minimum absolute atomic E-state index is 0.0714. The standard InChI is InChI=1S/C16H25N3O2S/c1-11(13-5-6-22-10-13)7-18-16(17-3)19-8-12(2)14(9-19)15(20)21-4/h5-6,10-12,14H,7-9H2,1-4H3,(H,17,18). The van der Waals surface area contributed by atoms with Crippen molar-refractivity contribution in [3.8, 4) is 0 Å². The van der Waals surface area contributed by atoms with E-state index in [2.05, 4.69) is 45.9 Å². The summed E-state index contributed by atoms with van der Waals surface area (Å²) in [6.45, 7) is 6.61. The quantitative estimate of drug-likeness (QED) is 0.524. The van der Waals surface area contributed by atoms with E-state index in [0.717, 1.165) is 19.0 Å². The first-order valence-electron chi connectivity index (χ1n) is 7.62. The Bertz CT molecular complexity index is 515. The fourth-order valence-electron chi connectivity index (χ4n) is 2.85. The molecule has 0 spiro atoms. The minimum Gasteiger partial charge on any atom is -0.469 e. The van der Waals surface area contributed by atoms with Crippen molar-refractivity contribution in [3.05, 3.63) is 22.4 Å². The van der Waals surface area contributed by atoms with Gasteiger partial charge in [0.25, 0.3) is 0 Å². The third kappa shape index (κ3) is 3.80. The number of likely N-dealkylation sites (tertiary alicyclic amines) is 1. The highest BCUT2D eigenvalue weighted by Crippen LogP contribution is 2.24. The topological polar surface area (TPSA) is 53.9 Å². The lowest BCUT2D eigenvalue weighted by Gasteiger charge is -2.23. The molecule has 1 aliphatic heterocycles. The SMILES string of the molecule is CN=C(NCC(C)c1ccsc1)N1CC(C)C(C(=O)OC)C1. The van der Waals surface area contributed by atoms with Crippen LogP contribution in [0, 0.1) is 11.8 Å². The monoisotopic (exact) mass is 323 g/mol. The van der Waals surface area contributed by atoms with Crippen LogP contribution in [0.5, 0.6) is 0 Å². The highest BCUT2D eigenvalue weighted by molar-refractivity contribution is 7.07. The fourth-order valence-corrected chi connectivity index (χ4v) is 3.63. The van der Waals surface area contributed by atoms with E-state index in [1.165, 1.54) is 12.7 Å². The second-order valence-corrected chi connectivity index (χ2v) is 6.68. The van der Waals surface area contributed by atoms with Crippen LogP contribution in [0.3, 0.4) is 0 Å². The third-order valence-corrected chi connectivity index (χ3v) is 5.01. The van der Waals surface area contributed by atoms with Crippen molar-refractivity contribution in [1.29, 1.82) is 0 Å². The number of nitrogens with zero attached hydrogens (tertiary/aromatic N) is 2. The second kappa shape index (κ2) is 7.63. The average molecular weight is 323 g/mol. The largest absolute Gasteiger partial charge is 0.469 e. The van der Waals surface area contributed by atoms with Gasteiger partial charge in [-0.3, -0.25) is 9.79 Å². The van der Waals surface area contributed by atoms with Gasteiger partial charge in [0.1, 0.15) is 0 Å². The zero-order valence-corrected chi connectivity index (χ0v) is 14.5. The average Bonchev–Trinajstić information content (AvgIpc) is 3.17. The summed E-state index contributed by atoms with van der Waals surface area (Å²) in [6, 6.07) is 2.16. The number of guanidine groups is 1. The van der Waals surface area contributed by atoms with Gasteiger partial charge in [0.05, 0.1) is 13.0 Å². The number of thiophene rings is 1. The molecule has 1 aromatic rings. The van der Waals surface area contributed by atoms with E-state index in [4.69, 9.17) is 4.74 Å². The van der Waals surface area contributed by atoms with Gasteiger partial charge in [0.2, 0.25) is 0 Å². The van der Waals surface area contributed by atoms with Crippen LogP contribution in [-0.2, 0) is 9.53 Å². The van der Waals surface area contributed by atoms with Crippen LogP contribution in [0.15, 0.2) is 21.8 Å². The molecule has 1 aliphatic rings. The van der Waals surface area contributed by atoms with Crippen molar-refractivity contribution in [2.75, 3.05) is 33.8 Å². The number of rotatable bonds is 4. The maximum absolute atomic E-state index is 11.8. The predicted octanol–water partition coefficient (Wildman–Crippen LogP) is 2.17. The van der Waals surface area contributed by atoms with Crippen LogP contribution in [0.25, 0.3) is 0 Å². The number of carbonyl (C=O) groups excluding carboxylic acids is 1. The van der Waals surface area contributed by atoms with Crippen LogP contribution < -0.4 is 5.32 Å². The van der Waals surface area contributed by atoms with E-state index >= 15 is 0 Å². The number of hydrogen-bond acceptors (Lipinski definition) is 4. The molecular formula is C16H25N3O2S. The van der Waals surface area contributed by atoms with Crippen molar-refractivity contribution < 1.29 is 9.53 Å². The van der Waals surface area contributed by atoms with Gasteiger partial charge in [-0.05, 0) is 34.2 Å². The Labute approximate surface area is 136 Å². The maximum atomic E-state index is 11.8. The fraction of sp³-hybridized carbons (Fsp3) is 0.625. The van der Waals surface area contributed by atoms with Crippen LogP contribution in [0.4, 0.5) is 0 Å². The number of hydrogen-bond donors (Lipinski definition) is 1. The van der Waals surface area contributed by atoms with Gasteiger partial charge in [-0.15, -0.1) is 0 Å². The van der Waals surface area contributed by atoms with E-state index in [-0.39, 0.29) is 17.8 Å². The first kappa shape index (κ1) is 16.8. The Kier molecular flexibility index (Phi) is 5.83. The first-order chi connectivity index (χ1) is 10.6. The van der Waals surface area contributed by atoms with Crippen LogP contribution in [0.2, 0.25) is 0 Å². The lowest BCUT2D eigenvalue weighted by molar-refractivity contribution is -0.145. The molecule has 1 N–H and O–H groups in total. The molecule has 3 atom stereocenters. The normalized spacial score (nSPS) is 23.5. The molecule has 6 heteroatoms. The van der Waals surface area contributed by atoms with Crippen molar-refractivity contribution in [1.82, 2.24) is 10.2 Å². The summed E-state index contributed by atoms with van der Waals surface area (Å²) in [6.07, 6.45) is 0. The molecule has 0 saturated carbocycles. The molecular weight excluding hydrogens is 298 g/mol. The van der Waals surface area contributed by atoms with E-state index in [0.29, 0.717) is 12.5 Å². The summed E-state index contributed by atoms with van der Waals surface area (Å²) >= 11 is 1.72. The van der Waals surface area contributed by atoms with Crippen LogP contribution in [-0.4, -0.2) is 50.6 Å². The van der Waals surface area contributed by atoms with Crippen molar-refractivity contribution in [3.63, 3.8) is 0 Å². The van der Waals surface area contributed by atoms with Gasteiger partial charge in [-0.2, -0.15) is 11.3 Å². The zero-order valence-electron chi connectivity index (χ0n) is 13.7. The summed E-state index contributed by atoms with van der Waals surface area (Å²) in [5.74, 6) is 1.37. The highest BCUT2D eigenvalue weighted by atomic mass is 32.1. The Morgan fingerprint density at radius 2 is 2.36 bits per heavy atom. The van der Waals surface area contributed by atoms with Gasteiger partial charge in [-0.25, -0.2) is 0 Å². The first-order valence-corrected chi connectivity index (χ1v) is 8.56. The number of carbonyl (C=O) groups is 1. The second-order valence-electron chi connectivity index (χ2n) is 5.90. The molecule has 5 nitrogen and oxygen atoms in total. The van der Waals surface area contributed by atoms with Crippen molar-refractivity contribution in [2.24, 2.45) is 16.8 Å². The Balaban J connectivity index is 1.91. The molecule has 0 aromatic carbocycles. The highest BCUT2D eigenvalue weighted by Gasteiger charge is 2.36. The molecule has 1 fully saturated rings. The zero-order chi connectivity index (χ0) is 16.1. The summed E-state index contributed by atoms with van der Waals surface area (Å²) in [5, 5.41) is 7.71. The Hall–Kier alpha value is -1.56. The Morgan fingerprint density at radius 3 is 2.95 bits per heavy atom. The summed E-state index contributed by atoms with van der Waals surface area (Å²) in [5.41, 5.74) is 1.34. The van der Waals surface area contributed by atoms with E-state index in [1.807, 2.05) is 0 Å². The van der Waals surface area contributed by atoms with Crippen molar-refractivity contribution in [2.45, 2.75) is 19.8 Å². The smallest absolute Gasteiger partial charge is 0.310 e. The van der Waals surface area contributed by atoms with E-state index in [9.17, 15) is 4.79 Å². The van der Waals surface area contributed by atoms with Crippen molar-refractivity contribution >= 4 is 23.3 Å². The molecule has 122 valence electrons. The Morgan fingerprint density at radius 1 is 1.59 bits per heavy atom. The van der Waals surface area contributed by atoms with Gasteiger partial charge >= 0.3 is 5.97 Å². The molecule has 0 radical (unpaired) electrons. The molecule has 2 rings (SSSR count). The lowest BCUT2D eigenvalue weighted by atomic mass is 9.99. The van der Waals surface area contributed by atoms with Gasteiger partial charge in [0, 0.05) is 26.7 Å². The van der Waals surface area contributed by atoms with E-state index < -0.39 is 0 Å². The minimum atomic E-state index is -0.128. The third-order valence-electron chi connectivity index (χ3n) is 4.31. The molecule has 1 aromatic heterocycles. The summed E-state index contributed by atoms with van der Waals surface area (Å²) < 4.78 is 4.89. The summed E-state index contributed by atoms with van der Waals surface area (Å²) in [4.78, 5) is 18.3. The maximum Gasteiger partial charge on any atom is 0.310 e. The molecule has 2 heterocycles. The number of esters is 1. The molecule has 3 unspecified atom stereocenters. The van der Waals surface area contributed by atoms with Gasteiger partial charge in [-0.1, -0.05) is 13.8 Å². The molecule has 0 amide bonds. The summed E-state index contributed by atoms with van der Waals surface area (Å²) in [7, 11) is 3.24. The number of aliphatic imine (C=N–C) groups is 1. The van der Waals surface area contributed by atoms with Gasteiger partial charge in [0.15, 0.2) is 5.96 Å². The molecule has 0 aliphatic carbocycles. The number of nitrogens with one attached hydrogen (secondary N) is 1. The number of methoxy groups -OCH3 is 1. The molecule has 0 bridgehead atoms. The predicted molar refractivity (Wildman–Crippen MR) is 90.3 cm³/mol. The van der Waals surface area contributed by atoms with Crippen LogP contribution in [0.1, 0.15) is 25.3 Å². The number of ether oxygens (including phenoxy) is 1. The molecule has 22 heavy (non-hydrogen) atoms. The lowest BCUT2D eigenvalue weighted by Crippen LogP contribution is -2.41. The van der Waals surface area contributed by atoms with Gasteiger partial charge < -0.3 is 15.0 Å². The molecule has 1 saturated heterocycles. The van der Waals surface area contributed by atoms with E-state index in [1.54, 1.807) is 18.4 Å².